The van der Waals surface area contributed by atoms with Crippen molar-refractivity contribution in [2.75, 3.05) is 0 Å². The Balaban J connectivity index is 2.04. The number of aliphatic carboxylic acids is 1. The zero-order chi connectivity index (χ0) is 15.5. The molecule has 1 aromatic carbocycles. The first-order valence-corrected chi connectivity index (χ1v) is 7.58. The van der Waals surface area contributed by atoms with Gasteiger partial charge in [-0.15, -0.1) is 5.10 Å². The van der Waals surface area contributed by atoms with Crippen molar-refractivity contribution in [1.82, 2.24) is 25.0 Å². The van der Waals surface area contributed by atoms with Crippen molar-refractivity contribution < 1.29 is 9.90 Å². The number of carbonyl (C=O) groups excluding carboxylic acids is 1. The molecule has 0 aliphatic heterocycles. The van der Waals surface area contributed by atoms with E-state index in [9.17, 15) is 9.90 Å². The van der Waals surface area contributed by atoms with E-state index < -0.39 is 11.2 Å². The molecule has 0 unspecified atom stereocenters. The van der Waals surface area contributed by atoms with E-state index in [2.05, 4.69) is 20.3 Å². The third kappa shape index (κ3) is 2.64. The predicted octanol–water partition coefficient (Wildman–Crippen LogP) is 0.831. The summed E-state index contributed by atoms with van der Waals surface area (Å²) >= 11 is 1.11. The van der Waals surface area contributed by atoms with E-state index >= 15 is 0 Å². The SMILES string of the molecule is CC[C@@H](Sc1ncnc2c1nnn2-c1ccccc1)C(=O)[O-]. The Morgan fingerprint density at radius 1 is 1.32 bits per heavy atom. The van der Waals surface area contributed by atoms with Crippen molar-refractivity contribution in [3.05, 3.63) is 36.7 Å². The third-order valence-corrected chi connectivity index (χ3v) is 4.42. The van der Waals surface area contributed by atoms with Crippen LogP contribution in [0.5, 0.6) is 0 Å². The highest BCUT2D eigenvalue weighted by Crippen LogP contribution is 2.28. The van der Waals surface area contributed by atoms with Gasteiger partial charge in [0.1, 0.15) is 11.4 Å². The Morgan fingerprint density at radius 2 is 2.09 bits per heavy atom. The molecule has 7 nitrogen and oxygen atoms in total. The monoisotopic (exact) mass is 314 g/mol. The summed E-state index contributed by atoms with van der Waals surface area (Å²) < 4.78 is 1.60. The minimum Gasteiger partial charge on any atom is -0.549 e. The minimum atomic E-state index is -1.12. The van der Waals surface area contributed by atoms with Crippen LogP contribution in [-0.4, -0.2) is 36.2 Å². The van der Waals surface area contributed by atoms with E-state index in [1.165, 1.54) is 6.33 Å². The number of aromatic nitrogens is 5. The smallest absolute Gasteiger partial charge is 0.187 e. The van der Waals surface area contributed by atoms with E-state index in [1.54, 1.807) is 11.6 Å². The molecule has 2 aromatic heterocycles. The lowest BCUT2D eigenvalue weighted by atomic mass is 10.3. The Kier molecular flexibility index (Phi) is 4.01. The predicted molar refractivity (Wildman–Crippen MR) is 79.4 cm³/mol. The topological polar surface area (TPSA) is 96.6 Å². The van der Waals surface area contributed by atoms with Crippen molar-refractivity contribution in [2.45, 2.75) is 23.6 Å². The van der Waals surface area contributed by atoms with Crippen LogP contribution < -0.4 is 5.11 Å². The third-order valence-electron chi connectivity index (χ3n) is 3.09. The number of carboxylic acids is 1. The van der Waals surface area contributed by atoms with Gasteiger partial charge in [0, 0.05) is 0 Å². The summed E-state index contributed by atoms with van der Waals surface area (Å²) in [5, 5.41) is 19.1. The summed E-state index contributed by atoms with van der Waals surface area (Å²) in [6.45, 7) is 1.78. The maximum atomic E-state index is 11.1. The Hall–Kier alpha value is -2.48. The number of carbonyl (C=O) groups is 1. The number of para-hydroxylation sites is 1. The van der Waals surface area contributed by atoms with Gasteiger partial charge in [0.15, 0.2) is 11.2 Å². The van der Waals surface area contributed by atoms with Crippen LogP contribution >= 0.6 is 11.8 Å². The average Bonchev–Trinajstić information content (AvgIpc) is 2.98. The molecule has 0 aliphatic carbocycles. The molecule has 0 fully saturated rings. The van der Waals surface area contributed by atoms with Crippen LogP contribution in [0.3, 0.4) is 0 Å². The van der Waals surface area contributed by atoms with Crippen LogP contribution in [0.1, 0.15) is 13.3 Å². The van der Waals surface area contributed by atoms with E-state index in [0.717, 1.165) is 17.4 Å². The minimum absolute atomic E-state index is 0.436. The maximum Gasteiger partial charge on any atom is 0.187 e. The fourth-order valence-electron chi connectivity index (χ4n) is 1.99. The molecular formula is C14H12N5O2S-. The van der Waals surface area contributed by atoms with Crippen LogP contribution in [-0.2, 0) is 4.79 Å². The van der Waals surface area contributed by atoms with Gasteiger partial charge < -0.3 is 9.90 Å². The summed E-state index contributed by atoms with van der Waals surface area (Å²) in [4.78, 5) is 19.4. The van der Waals surface area contributed by atoms with Crippen molar-refractivity contribution >= 4 is 28.9 Å². The highest BCUT2D eigenvalue weighted by molar-refractivity contribution is 8.00. The lowest BCUT2D eigenvalue weighted by Gasteiger charge is -2.14. The summed E-state index contributed by atoms with van der Waals surface area (Å²) in [5.74, 6) is -1.12. The second-order valence-corrected chi connectivity index (χ2v) is 5.71. The fraction of sp³-hybridized carbons (Fsp3) is 0.214. The van der Waals surface area contributed by atoms with Crippen LogP contribution in [0, 0.1) is 0 Å². The molecule has 0 spiro atoms. The van der Waals surface area contributed by atoms with Gasteiger partial charge in [-0.25, -0.2) is 9.97 Å². The normalized spacial score (nSPS) is 12.4. The number of hydrogen-bond donors (Lipinski definition) is 0. The lowest BCUT2D eigenvalue weighted by Crippen LogP contribution is -2.33. The number of nitrogens with zero attached hydrogens (tertiary/aromatic N) is 5. The first-order chi connectivity index (χ1) is 10.7. The van der Waals surface area contributed by atoms with Crippen LogP contribution in [0.25, 0.3) is 16.9 Å². The molecular weight excluding hydrogens is 302 g/mol. The van der Waals surface area contributed by atoms with E-state index in [-0.39, 0.29) is 0 Å². The highest BCUT2D eigenvalue weighted by atomic mass is 32.2. The summed E-state index contributed by atoms with van der Waals surface area (Å²) in [6, 6.07) is 9.47. The van der Waals surface area contributed by atoms with Crippen LogP contribution in [0.15, 0.2) is 41.7 Å². The van der Waals surface area contributed by atoms with Gasteiger partial charge in [-0.1, -0.05) is 42.1 Å². The largest absolute Gasteiger partial charge is 0.549 e. The van der Waals surface area contributed by atoms with Crippen molar-refractivity contribution in [1.29, 1.82) is 0 Å². The van der Waals surface area contributed by atoms with Crippen molar-refractivity contribution in [3.8, 4) is 5.69 Å². The molecule has 2 heterocycles. The fourth-order valence-corrected chi connectivity index (χ4v) is 2.87. The quantitative estimate of drug-likeness (QED) is 0.508. The molecule has 0 bridgehead atoms. The van der Waals surface area contributed by atoms with Gasteiger partial charge >= 0.3 is 0 Å². The summed E-state index contributed by atoms with van der Waals surface area (Å²) in [7, 11) is 0. The van der Waals surface area contributed by atoms with Gasteiger partial charge in [0.2, 0.25) is 0 Å². The molecule has 1 atom stereocenters. The van der Waals surface area contributed by atoms with E-state index in [4.69, 9.17) is 0 Å². The Labute approximate surface area is 130 Å². The number of rotatable bonds is 5. The zero-order valence-electron chi connectivity index (χ0n) is 11.7. The number of thioether (sulfide) groups is 1. The van der Waals surface area contributed by atoms with Crippen molar-refractivity contribution in [2.24, 2.45) is 0 Å². The number of hydrogen-bond acceptors (Lipinski definition) is 7. The molecule has 3 aromatic rings. The molecule has 0 aliphatic rings. The lowest BCUT2D eigenvalue weighted by molar-refractivity contribution is -0.304. The summed E-state index contributed by atoms with van der Waals surface area (Å²) in [6.07, 6.45) is 1.82. The number of fused-ring (bicyclic) bond motifs is 1. The van der Waals surface area contributed by atoms with Gasteiger partial charge in [0.05, 0.1) is 16.9 Å². The molecule has 0 amide bonds. The molecule has 0 N–H and O–H groups in total. The summed E-state index contributed by atoms with van der Waals surface area (Å²) in [5.41, 5.74) is 1.85. The molecule has 0 saturated heterocycles. The Morgan fingerprint density at radius 3 is 2.77 bits per heavy atom. The van der Waals surface area contributed by atoms with Crippen LogP contribution in [0.4, 0.5) is 0 Å². The average molecular weight is 314 g/mol. The molecule has 8 heteroatoms. The molecule has 112 valence electrons. The van der Waals surface area contributed by atoms with E-state index in [1.807, 2.05) is 30.3 Å². The molecule has 22 heavy (non-hydrogen) atoms. The number of benzene rings is 1. The van der Waals surface area contributed by atoms with Gasteiger partial charge in [-0.2, -0.15) is 4.68 Å². The van der Waals surface area contributed by atoms with Crippen molar-refractivity contribution in [3.63, 3.8) is 0 Å². The Bertz CT molecular complexity index is 805. The number of carboxylic acid groups (broad SMARTS) is 1. The second-order valence-electron chi connectivity index (χ2n) is 4.52. The molecule has 0 saturated carbocycles. The van der Waals surface area contributed by atoms with Gasteiger partial charge in [-0.3, -0.25) is 0 Å². The van der Waals surface area contributed by atoms with Crippen LogP contribution in [0.2, 0.25) is 0 Å². The zero-order valence-corrected chi connectivity index (χ0v) is 12.5. The maximum absolute atomic E-state index is 11.1. The van der Waals surface area contributed by atoms with Gasteiger partial charge in [0.25, 0.3) is 0 Å². The highest BCUT2D eigenvalue weighted by Gasteiger charge is 2.17. The second kappa shape index (κ2) is 6.10. The molecule has 0 radical (unpaired) electrons. The first-order valence-electron chi connectivity index (χ1n) is 6.70. The standard InChI is InChI=1S/C14H13N5O2S/c1-2-10(14(20)21)22-13-11-12(15-8-16-13)19(18-17-11)9-6-4-3-5-7-9/h3-8,10H,2H2,1H3,(H,20,21)/p-1/t10-/m1/s1. The van der Waals surface area contributed by atoms with Gasteiger partial charge in [-0.05, 0) is 18.6 Å². The van der Waals surface area contributed by atoms with E-state index in [0.29, 0.717) is 22.6 Å². The molecule has 3 rings (SSSR count). The first kappa shape index (κ1) is 14.5.